The fourth-order valence-corrected chi connectivity index (χ4v) is 2.09. The van der Waals surface area contributed by atoms with Gasteiger partial charge in [0.05, 0.1) is 5.25 Å². The molecule has 84 valence electrons. The van der Waals surface area contributed by atoms with Crippen LogP contribution in [0.4, 0.5) is 0 Å². The van der Waals surface area contributed by atoms with E-state index in [1.165, 1.54) is 17.5 Å². The summed E-state index contributed by atoms with van der Waals surface area (Å²) in [6.07, 6.45) is 7.90. The third-order valence-corrected chi connectivity index (χ3v) is 3.07. The molecule has 1 rings (SSSR count). The van der Waals surface area contributed by atoms with Gasteiger partial charge >= 0.3 is 0 Å². The van der Waals surface area contributed by atoms with Crippen molar-refractivity contribution in [1.29, 1.82) is 0 Å². The molecule has 16 heavy (non-hydrogen) atoms. The normalized spacial score (nSPS) is 14.0. The zero-order valence-corrected chi connectivity index (χ0v) is 10.3. The average Bonchev–Trinajstić information content (AvgIpc) is 2.35. The van der Waals surface area contributed by atoms with Crippen LogP contribution >= 0.6 is 11.9 Å². The van der Waals surface area contributed by atoms with Crippen molar-refractivity contribution in [1.82, 2.24) is 0 Å². The molecule has 0 heterocycles. The molecular weight excluding hydrogens is 214 g/mol. The maximum Gasteiger partial charge on any atom is 0.0689 e. The number of hydrogen-bond acceptors (Lipinski definition) is 2. The molecule has 0 aliphatic carbocycles. The second-order valence-electron chi connectivity index (χ2n) is 3.32. The molecule has 1 aromatic rings. The molecule has 0 amide bonds. The molecule has 1 aromatic carbocycles. The minimum absolute atomic E-state index is 0.148. The molecule has 0 spiro atoms. The lowest BCUT2D eigenvalue weighted by molar-refractivity contribution is 1.16. The number of rotatable bonds is 5. The van der Waals surface area contributed by atoms with E-state index in [9.17, 15) is 0 Å². The van der Waals surface area contributed by atoms with Crippen LogP contribution in [0.25, 0.3) is 0 Å². The molecule has 1 unspecified atom stereocenters. The van der Waals surface area contributed by atoms with Crippen molar-refractivity contribution in [2.45, 2.75) is 12.2 Å². The van der Waals surface area contributed by atoms with E-state index in [4.69, 9.17) is 5.14 Å². The summed E-state index contributed by atoms with van der Waals surface area (Å²) in [5.41, 5.74) is 2.32. The van der Waals surface area contributed by atoms with Crippen LogP contribution in [-0.4, -0.2) is 0 Å². The predicted molar refractivity (Wildman–Crippen MR) is 74.1 cm³/mol. The first-order valence-electron chi connectivity index (χ1n) is 5.19. The lowest BCUT2D eigenvalue weighted by Gasteiger charge is -2.15. The monoisotopic (exact) mass is 231 g/mol. The lowest BCUT2D eigenvalue weighted by Crippen LogP contribution is -1.99. The van der Waals surface area contributed by atoms with Gasteiger partial charge in [-0.2, -0.15) is 0 Å². The van der Waals surface area contributed by atoms with Gasteiger partial charge in [-0.25, -0.2) is 0 Å². The summed E-state index contributed by atoms with van der Waals surface area (Å²) >= 11 is 1.33. The fraction of sp³-hybridized carbons (Fsp3) is 0.143. The van der Waals surface area contributed by atoms with Crippen LogP contribution in [0, 0.1) is 0 Å². The molecule has 1 nitrogen and oxygen atoms in total. The highest BCUT2D eigenvalue weighted by molar-refractivity contribution is 7.97. The van der Waals surface area contributed by atoms with E-state index in [-0.39, 0.29) is 5.25 Å². The lowest BCUT2D eigenvalue weighted by atomic mass is 10.0. The molecular formula is C14H17NS. The van der Waals surface area contributed by atoms with Crippen molar-refractivity contribution in [3.8, 4) is 0 Å². The van der Waals surface area contributed by atoms with Crippen molar-refractivity contribution in [2.24, 2.45) is 5.14 Å². The Morgan fingerprint density at radius 3 is 2.56 bits per heavy atom. The van der Waals surface area contributed by atoms with E-state index in [1.807, 2.05) is 49.4 Å². The summed E-state index contributed by atoms with van der Waals surface area (Å²) in [5, 5.41) is 5.91. The number of hydrogen-bond donors (Lipinski definition) is 1. The highest BCUT2D eigenvalue weighted by Crippen LogP contribution is 2.32. The summed E-state index contributed by atoms with van der Waals surface area (Å²) in [7, 11) is 0. The van der Waals surface area contributed by atoms with Crippen LogP contribution < -0.4 is 5.14 Å². The molecule has 0 radical (unpaired) electrons. The smallest absolute Gasteiger partial charge is 0.0689 e. The molecule has 2 heteroatoms. The van der Waals surface area contributed by atoms with Crippen LogP contribution in [0.1, 0.15) is 17.7 Å². The van der Waals surface area contributed by atoms with Gasteiger partial charge < -0.3 is 0 Å². The van der Waals surface area contributed by atoms with Crippen molar-refractivity contribution < 1.29 is 0 Å². The Morgan fingerprint density at radius 2 is 2.06 bits per heavy atom. The van der Waals surface area contributed by atoms with Crippen molar-refractivity contribution >= 4 is 11.9 Å². The number of benzene rings is 1. The molecule has 0 saturated carbocycles. The molecule has 0 saturated heterocycles. The Labute approximate surface area is 102 Å². The minimum atomic E-state index is 0.148. The zero-order chi connectivity index (χ0) is 11.8. The maximum atomic E-state index is 5.76. The van der Waals surface area contributed by atoms with E-state index in [2.05, 4.69) is 18.7 Å². The third kappa shape index (κ3) is 3.40. The zero-order valence-electron chi connectivity index (χ0n) is 9.47. The van der Waals surface area contributed by atoms with Crippen molar-refractivity contribution in [2.75, 3.05) is 0 Å². The topological polar surface area (TPSA) is 26.0 Å². The van der Waals surface area contributed by atoms with Gasteiger partial charge in [0.25, 0.3) is 0 Å². The van der Waals surface area contributed by atoms with Crippen LogP contribution in [0.3, 0.4) is 0 Å². The molecule has 0 bridgehead atoms. The van der Waals surface area contributed by atoms with Crippen LogP contribution in [0.2, 0.25) is 0 Å². The Kier molecular flexibility index (Phi) is 5.68. The second kappa shape index (κ2) is 7.09. The highest BCUT2D eigenvalue weighted by Gasteiger charge is 2.12. The van der Waals surface area contributed by atoms with Crippen LogP contribution in [0.5, 0.6) is 0 Å². The maximum absolute atomic E-state index is 5.76. The second-order valence-corrected chi connectivity index (χ2v) is 4.07. The van der Waals surface area contributed by atoms with Gasteiger partial charge in [0.2, 0.25) is 0 Å². The van der Waals surface area contributed by atoms with E-state index >= 15 is 0 Å². The van der Waals surface area contributed by atoms with Crippen molar-refractivity contribution in [3.05, 3.63) is 72.4 Å². The van der Waals surface area contributed by atoms with E-state index < -0.39 is 0 Å². The van der Waals surface area contributed by atoms with Gasteiger partial charge in [0.15, 0.2) is 0 Å². The van der Waals surface area contributed by atoms with E-state index in [0.29, 0.717) is 0 Å². The van der Waals surface area contributed by atoms with Crippen LogP contribution in [0.15, 0.2) is 66.8 Å². The largest absolute Gasteiger partial charge is 0.277 e. The first-order chi connectivity index (χ1) is 7.83. The Morgan fingerprint density at radius 1 is 1.38 bits per heavy atom. The Hall–Kier alpha value is -1.25. The van der Waals surface area contributed by atoms with Gasteiger partial charge in [-0.3, -0.25) is 5.14 Å². The Balaban J connectivity index is 3.01. The molecule has 1 atom stereocenters. The van der Waals surface area contributed by atoms with Gasteiger partial charge in [0.1, 0.15) is 0 Å². The molecule has 0 aromatic heterocycles. The number of nitrogens with two attached hydrogens (primary N) is 1. The SMILES string of the molecule is C=C/C(=C\C=C/C)C(SN)c1ccccc1. The standard InChI is InChI=1S/C14H17NS/c1-3-5-9-12(4-2)14(16-15)13-10-7-6-8-11-13/h3-11,14H,2,15H2,1H3/b5-3-,12-9+. The van der Waals surface area contributed by atoms with Gasteiger partial charge in [-0.1, -0.05) is 73.2 Å². The van der Waals surface area contributed by atoms with E-state index in [1.54, 1.807) is 0 Å². The molecule has 0 fully saturated rings. The summed E-state index contributed by atoms with van der Waals surface area (Å²) in [6, 6.07) is 10.2. The quantitative estimate of drug-likeness (QED) is 0.611. The van der Waals surface area contributed by atoms with Gasteiger partial charge in [0, 0.05) is 0 Å². The summed E-state index contributed by atoms with van der Waals surface area (Å²) in [5.74, 6) is 0. The minimum Gasteiger partial charge on any atom is -0.277 e. The first kappa shape index (κ1) is 12.8. The summed E-state index contributed by atoms with van der Waals surface area (Å²) in [4.78, 5) is 0. The first-order valence-corrected chi connectivity index (χ1v) is 6.13. The van der Waals surface area contributed by atoms with Gasteiger partial charge in [-0.05, 0) is 18.1 Å². The van der Waals surface area contributed by atoms with Gasteiger partial charge in [-0.15, -0.1) is 0 Å². The van der Waals surface area contributed by atoms with E-state index in [0.717, 1.165) is 5.57 Å². The summed E-state index contributed by atoms with van der Waals surface area (Å²) < 4.78 is 0. The Bertz CT molecular complexity index is 379. The number of allylic oxidation sites excluding steroid dienone is 4. The average molecular weight is 231 g/mol. The fourth-order valence-electron chi connectivity index (χ4n) is 1.45. The van der Waals surface area contributed by atoms with Crippen molar-refractivity contribution in [3.63, 3.8) is 0 Å². The molecule has 0 aliphatic rings. The van der Waals surface area contributed by atoms with Crippen LogP contribution in [-0.2, 0) is 0 Å². The summed E-state index contributed by atoms with van der Waals surface area (Å²) in [6.45, 7) is 5.83. The highest BCUT2D eigenvalue weighted by atomic mass is 32.2. The molecule has 2 N–H and O–H groups in total. The third-order valence-electron chi connectivity index (χ3n) is 2.26. The molecule has 0 aliphatic heterocycles. The predicted octanol–water partition coefficient (Wildman–Crippen LogP) is 4.02.